The van der Waals surface area contributed by atoms with Crippen LogP contribution in [0.2, 0.25) is 0 Å². The quantitative estimate of drug-likeness (QED) is 0.0182. The number of esters is 4. The smallest absolute Gasteiger partial charge is 0.306 e. The van der Waals surface area contributed by atoms with E-state index in [0.29, 0.717) is 124 Å². The molecule has 9 rings (SSSR count). The molecular formula is C116H165FN2O15. The summed E-state index contributed by atoms with van der Waals surface area (Å²) in [4.78, 5) is 75.9. The highest BCUT2D eigenvalue weighted by molar-refractivity contribution is 5.71. The number of hydrogen-bond donors (Lipinski definition) is 3. The number of unbranched alkanes of at least 4 members (excludes halogenated alkanes) is 7. The van der Waals surface area contributed by atoms with E-state index in [1.54, 1.807) is 19.1 Å². The fraction of sp³-hybridized carbons (Fsp3) is 0.509. The lowest BCUT2D eigenvalue weighted by Crippen LogP contribution is -2.05. The van der Waals surface area contributed by atoms with E-state index in [4.69, 9.17) is 38.7 Å². The van der Waals surface area contributed by atoms with Gasteiger partial charge in [-0.15, -0.1) is 10.2 Å². The van der Waals surface area contributed by atoms with Crippen LogP contribution in [0.4, 0.5) is 4.39 Å². The minimum Gasteiger partial charge on any atom is -0.481 e. The summed E-state index contributed by atoms with van der Waals surface area (Å²) in [5, 5.41) is 33.1. The first-order chi connectivity index (χ1) is 63.9. The van der Waals surface area contributed by atoms with E-state index in [9.17, 15) is 38.0 Å². The maximum Gasteiger partial charge on any atom is 0.306 e. The second-order valence-corrected chi connectivity index (χ2v) is 36.5. The third-order valence-electron chi connectivity index (χ3n) is 22.2. The molecule has 18 heteroatoms. The highest BCUT2D eigenvalue weighted by Gasteiger charge is 2.16. The summed E-state index contributed by atoms with van der Waals surface area (Å²) in [6, 6.07) is 64.9. The van der Waals surface area contributed by atoms with Gasteiger partial charge in [-0.05, 0) is 267 Å². The minimum atomic E-state index is -0.736. The molecule has 0 radical (unpaired) electrons. The molecule has 736 valence electrons. The molecule has 1 aromatic heterocycles. The van der Waals surface area contributed by atoms with Crippen molar-refractivity contribution in [1.29, 1.82) is 0 Å². The number of carboxylic acid groups (broad SMARTS) is 3. The standard InChI is InChI=1S/C18H28O2.C17H26O2.2C15H22O2.C14H20O2.C13H18O2.C12H13FN2O.C12H16O2/c1-4-20-18(19)13-8-6-5-7-10-16-11-9-12-17(14-16)15(2)3;1-4-19-17(18)12-7-5-6-9-15-10-8-11-16(13-15)14(2)3;1-12(2)14-9-6-8-13(11-14)7-4-3-5-10-15(16)17;1-4-17-15(16)10-6-8-13-7-5-9-14(11-13)12(2)3;1-4-16-14(15)9-8-12-6-5-7-13(10-12)11(2)3;1-10(2)12-7-3-5-11(9-12)6-4-8-13(14)15;1-7(2)9-4-5-11(13)10(6-9)12-15-14-8(3)16-12;1-9(2)11-5-3-4-10(8-11)6-7-12(13)14/h9,11-12,14-15H,4-8,10,13H2,1-3H3;8,10-11,13-14H,4-7,9,12H2,1-3H3;6,8-9,11-12H,3-5,7,10H2,1-2H3,(H,16,17);5,7,9,11-12H,4,6,8,10H2,1-3H3;5-7,10-11H,4,8-9H2,1-3H3;3,5,7,9-10H,4,6,8H2,1-2H3,(H,14,15);4-7H,1-3H3;3-5,8-9H,6-7H2,1-2H3,(H,13,14). The molecule has 0 saturated carbocycles. The van der Waals surface area contributed by atoms with Gasteiger partial charge >= 0.3 is 41.8 Å². The molecule has 0 fully saturated rings. The summed E-state index contributed by atoms with van der Waals surface area (Å²) < 4.78 is 38.5. The molecule has 134 heavy (non-hydrogen) atoms. The molecule has 0 aliphatic heterocycles. The molecule has 0 unspecified atom stereocenters. The lowest BCUT2D eigenvalue weighted by atomic mass is 9.98. The fourth-order valence-corrected chi connectivity index (χ4v) is 14.0. The predicted octanol–water partition coefficient (Wildman–Crippen LogP) is 29.7. The Hall–Kier alpha value is -10.9. The minimum absolute atomic E-state index is 0.0582. The molecule has 0 spiro atoms. The van der Waals surface area contributed by atoms with Crippen molar-refractivity contribution in [2.24, 2.45) is 0 Å². The average molecular weight is 1850 g/mol. The number of halogens is 1. The Labute approximate surface area is 804 Å². The van der Waals surface area contributed by atoms with Crippen molar-refractivity contribution in [3.63, 3.8) is 0 Å². The van der Waals surface area contributed by atoms with Crippen molar-refractivity contribution in [2.45, 2.75) is 360 Å². The van der Waals surface area contributed by atoms with Gasteiger partial charge in [-0.1, -0.05) is 312 Å². The van der Waals surface area contributed by atoms with Crippen molar-refractivity contribution in [3.05, 3.63) is 283 Å². The molecule has 17 nitrogen and oxygen atoms in total. The van der Waals surface area contributed by atoms with Gasteiger partial charge in [0.15, 0.2) is 0 Å². The third-order valence-corrected chi connectivity index (χ3v) is 22.2. The molecule has 0 saturated heterocycles. The number of aliphatic carboxylic acids is 3. The average Bonchev–Trinajstić information content (AvgIpc) is 1.67. The maximum absolute atomic E-state index is 13.6. The van der Waals surface area contributed by atoms with Gasteiger partial charge in [0.2, 0.25) is 5.89 Å². The van der Waals surface area contributed by atoms with Crippen LogP contribution in [0.5, 0.6) is 0 Å². The van der Waals surface area contributed by atoms with Crippen molar-refractivity contribution >= 4 is 41.8 Å². The van der Waals surface area contributed by atoms with Crippen molar-refractivity contribution < 1.29 is 76.6 Å². The summed E-state index contributed by atoms with van der Waals surface area (Å²) in [6.45, 7) is 45.7. The second kappa shape index (κ2) is 70.8. The predicted molar refractivity (Wildman–Crippen MR) is 545 cm³/mol. The monoisotopic (exact) mass is 1850 g/mol. The van der Waals surface area contributed by atoms with Gasteiger partial charge in [0.25, 0.3) is 5.89 Å². The van der Waals surface area contributed by atoms with Gasteiger partial charge in [-0.25, -0.2) is 4.39 Å². The number of aryl methyl sites for hydroxylation is 8. The van der Waals surface area contributed by atoms with E-state index in [0.717, 1.165) is 114 Å². The van der Waals surface area contributed by atoms with Crippen LogP contribution in [0.3, 0.4) is 0 Å². The molecule has 0 atom stereocenters. The maximum atomic E-state index is 13.6. The van der Waals surface area contributed by atoms with Gasteiger partial charge in [-0.3, -0.25) is 33.6 Å². The molecule has 8 aromatic carbocycles. The largest absolute Gasteiger partial charge is 0.481 e. The molecular weight excluding hydrogens is 1680 g/mol. The first-order valence-electron chi connectivity index (χ1n) is 49.4. The van der Waals surface area contributed by atoms with Crippen LogP contribution in [0.1, 0.15) is 397 Å². The number of hydrogen-bond acceptors (Lipinski definition) is 14. The zero-order chi connectivity index (χ0) is 99.7. The van der Waals surface area contributed by atoms with Gasteiger partial charge < -0.3 is 38.7 Å². The van der Waals surface area contributed by atoms with Crippen molar-refractivity contribution in [3.8, 4) is 11.5 Å². The number of carbonyl (C=O) groups excluding carboxylic acids is 4. The summed E-state index contributed by atoms with van der Waals surface area (Å²) in [7, 11) is 0. The van der Waals surface area contributed by atoms with Crippen LogP contribution < -0.4 is 0 Å². The van der Waals surface area contributed by atoms with Crippen molar-refractivity contribution in [2.75, 3.05) is 26.4 Å². The number of benzene rings is 8. The van der Waals surface area contributed by atoms with E-state index in [2.05, 4.69) is 273 Å². The summed E-state index contributed by atoms with van der Waals surface area (Å²) in [5.41, 5.74) is 20.0. The lowest BCUT2D eigenvalue weighted by molar-refractivity contribution is -0.144. The Balaban J connectivity index is 0.000000519. The van der Waals surface area contributed by atoms with Crippen LogP contribution >= 0.6 is 0 Å². The zero-order valence-corrected chi connectivity index (χ0v) is 85.2. The Kier molecular flexibility index (Phi) is 62.9. The number of carboxylic acids is 3. The molecule has 0 aliphatic carbocycles. The van der Waals surface area contributed by atoms with Crippen LogP contribution in [-0.4, -0.2) is 93.7 Å². The van der Waals surface area contributed by atoms with E-state index in [1.807, 2.05) is 45.9 Å². The topological polar surface area (TPSA) is 256 Å². The Morgan fingerprint density at radius 2 is 0.507 bits per heavy atom. The highest BCUT2D eigenvalue weighted by Crippen LogP contribution is 2.28. The molecule has 0 amide bonds. The second-order valence-electron chi connectivity index (χ2n) is 36.5. The van der Waals surface area contributed by atoms with E-state index >= 15 is 0 Å². The summed E-state index contributed by atoms with van der Waals surface area (Å²) in [6.07, 6.45) is 21.4. The normalized spacial score (nSPS) is 10.7. The summed E-state index contributed by atoms with van der Waals surface area (Å²) >= 11 is 0. The molecule has 0 aliphatic rings. The Morgan fingerprint density at radius 3 is 0.784 bits per heavy atom. The first-order valence-corrected chi connectivity index (χ1v) is 49.4. The van der Waals surface area contributed by atoms with Gasteiger partial charge in [0.1, 0.15) is 5.82 Å². The Morgan fingerprint density at radius 1 is 0.276 bits per heavy atom. The van der Waals surface area contributed by atoms with E-state index in [-0.39, 0.29) is 48.4 Å². The fourth-order valence-electron chi connectivity index (χ4n) is 14.0. The van der Waals surface area contributed by atoms with E-state index in [1.165, 1.54) is 91.2 Å². The van der Waals surface area contributed by atoms with E-state index < -0.39 is 17.9 Å². The van der Waals surface area contributed by atoms with Gasteiger partial charge in [0.05, 0.1) is 32.0 Å². The number of nitrogens with zero attached hydrogens (tertiary/aromatic N) is 2. The SMILES string of the molecule is CC(C)c1cccc(CCC(=O)O)c1.CC(C)c1cccc(CCCC(=O)O)c1.CC(C)c1cccc(CCCCCC(=O)O)c1.CCOC(=O)CCCCCCc1cccc(C(C)C)c1.CCOC(=O)CCCCCc1cccc(C(C)C)c1.CCOC(=O)CCCc1cccc(C(C)C)c1.CCOC(=O)CCc1cccc(C(C)C)c1.Cc1nnc(-c2cc(C(C)C)ccc2F)o1. The number of carbonyl (C=O) groups is 7. The zero-order valence-electron chi connectivity index (χ0n) is 85.2. The number of ether oxygens (including phenoxy) is 4. The van der Waals surface area contributed by atoms with Gasteiger partial charge in [0, 0.05) is 51.9 Å². The molecule has 0 bridgehead atoms. The van der Waals surface area contributed by atoms with Crippen LogP contribution in [0.15, 0.2) is 192 Å². The van der Waals surface area contributed by atoms with Crippen LogP contribution in [0.25, 0.3) is 11.5 Å². The Bertz CT molecular complexity index is 4760. The van der Waals surface area contributed by atoms with Gasteiger partial charge in [-0.2, -0.15) is 0 Å². The van der Waals surface area contributed by atoms with Crippen LogP contribution in [-0.2, 0) is 97.5 Å². The first kappa shape index (κ1) is 119. The molecule has 3 N–H and O–H groups in total. The number of aromatic nitrogens is 2. The highest BCUT2D eigenvalue weighted by atomic mass is 19.1. The summed E-state index contributed by atoms with van der Waals surface area (Å²) in [5.74, 6) is 2.07. The third kappa shape index (κ3) is 56.3. The molecule has 9 aromatic rings. The van der Waals surface area contributed by atoms with Crippen LogP contribution in [0, 0.1) is 12.7 Å². The lowest BCUT2D eigenvalue weighted by Gasteiger charge is -2.08. The number of rotatable bonds is 46. The molecule has 1 heterocycles. The van der Waals surface area contributed by atoms with Crippen molar-refractivity contribution in [1.82, 2.24) is 10.2 Å².